The van der Waals surface area contributed by atoms with E-state index in [-0.39, 0.29) is 11.4 Å². The van der Waals surface area contributed by atoms with Crippen LogP contribution in [0.25, 0.3) is 11.1 Å². The van der Waals surface area contributed by atoms with Gasteiger partial charge in [0, 0.05) is 18.7 Å². The first-order valence-electron chi connectivity index (χ1n) is 5.06. The average Bonchev–Trinajstić information content (AvgIpc) is 2.32. The molecule has 1 heterocycles. The van der Waals surface area contributed by atoms with Crippen LogP contribution in [-0.2, 0) is 7.05 Å². The molecular formula is C13H13NO2. The van der Waals surface area contributed by atoms with Crippen molar-refractivity contribution >= 4 is 0 Å². The Morgan fingerprint density at radius 2 is 1.81 bits per heavy atom. The lowest BCUT2D eigenvalue weighted by Gasteiger charge is -2.09. The monoisotopic (exact) mass is 215 g/mol. The van der Waals surface area contributed by atoms with Crippen molar-refractivity contribution in [2.45, 2.75) is 6.92 Å². The van der Waals surface area contributed by atoms with E-state index < -0.39 is 0 Å². The zero-order valence-electron chi connectivity index (χ0n) is 9.27. The highest BCUT2D eigenvalue weighted by molar-refractivity contribution is 5.67. The Labute approximate surface area is 93.6 Å². The molecule has 82 valence electrons. The molecule has 0 amide bonds. The molecule has 16 heavy (non-hydrogen) atoms. The van der Waals surface area contributed by atoms with Gasteiger partial charge in [-0.1, -0.05) is 30.3 Å². The molecule has 0 radical (unpaired) electrons. The van der Waals surface area contributed by atoms with Gasteiger partial charge < -0.3 is 5.11 Å². The van der Waals surface area contributed by atoms with Gasteiger partial charge in [0.25, 0.3) is 5.56 Å². The molecule has 0 fully saturated rings. The zero-order chi connectivity index (χ0) is 11.7. The van der Waals surface area contributed by atoms with Gasteiger partial charge in [-0.2, -0.15) is 0 Å². The fourth-order valence-corrected chi connectivity index (χ4v) is 1.72. The maximum atomic E-state index is 11.8. The Kier molecular flexibility index (Phi) is 2.52. The van der Waals surface area contributed by atoms with E-state index in [2.05, 4.69) is 0 Å². The van der Waals surface area contributed by atoms with E-state index in [4.69, 9.17) is 0 Å². The van der Waals surface area contributed by atoms with Crippen molar-refractivity contribution in [3.8, 4) is 17.0 Å². The maximum absolute atomic E-state index is 11.8. The number of aromatic hydroxyl groups is 1. The second kappa shape index (κ2) is 3.85. The lowest BCUT2D eigenvalue weighted by atomic mass is 10.0. The zero-order valence-corrected chi connectivity index (χ0v) is 9.27. The number of rotatable bonds is 1. The molecule has 0 aliphatic rings. The molecule has 1 aromatic carbocycles. The molecule has 0 saturated carbocycles. The van der Waals surface area contributed by atoms with Crippen molar-refractivity contribution in [1.82, 2.24) is 4.57 Å². The molecule has 0 aliphatic heterocycles. The van der Waals surface area contributed by atoms with Gasteiger partial charge in [0.2, 0.25) is 0 Å². The molecule has 0 unspecified atom stereocenters. The third-order valence-electron chi connectivity index (χ3n) is 2.73. The van der Waals surface area contributed by atoms with E-state index >= 15 is 0 Å². The first-order chi connectivity index (χ1) is 7.61. The maximum Gasteiger partial charge on any atom is 0.256 e. The first-order valence-corrected chi connectivity index (χ1v) is 5.06. The number of hydrogen-bond acceptors (Lipinski definition) is 2. The summed E-state index contributed by atoms with van der Waals surface area (Å²) < 4.78 is 1.24. The lowest BCUT2D eigenvalue weighted by molar-refractivity contribution is 0.423. The summed E-state index contributed by atoms with van der Waals surface area (Å²) in [6, 6.07) is 11.2. The molecule has 1 N–H and O–H groups in total. The third kappa shape index (κ3) is 1.60. The largest absolute Gasteiger partial charge is 0.494 e. The van der Waals surface area contributed by atoms with E-state index in [0.29, 0.717) is 5.56 Å². The highest BCUT2D eigenvalue weighted by Gasteiger charge is 2.09. The number of nitrogens with zero attached hydrogens (tertiary/aromatic N) is 1. The summed E-state index contributed by atoms with van der Waals surface area (Å²) in [5, 5.41) is 9.63. The van der Waals surface area contributed by atoms with Crippen LogP contribution in [0.4, 0.5) is 0 Å². The summed E-state index contributed by atoms with van der Waals surface area (Å²) >= 11 is 0. The molecule has 1 aromatic heterocycles. The van der Waals surface area contributed by atoms with Crippen molar-refractivity contribution < 1.29 is 5.11 Å². The van der Waals surface area contributed by atoms with Gasteiger partial charge in [-0.15, -0.1) is 0 Å². The molecular weight excluding hydrogens is 202 g/mol. The number of hydrogen-bond donors (Lipinski definition) is 1. The predicted octanol–water partition coefficient (Wildman–Crippen LogP) is 2.07. The van der Waals surface area contributed by atoms with Crippen molar-refractivity contribution in [3.05, 3.63) is 52.3 Å². The Morgan fingerprint density at radius 3 is 2.44 bits per heavy atom. The lowest BCUT2D eigenvalue weighted by Crippen LogP contribution is -2.19. The third-order valence-corrected chi connectivity index (χ3v) is 2.73. The number of aromatic nitrogens is 1. The van der Waals surface area contributed by atoms with E-state index in [1.165, 1.54) is 4.57 Å². The van der Waals surface area contributed by atoms with Gasteiger partial charge in [-0.05, 0) is 18.1 Å². The average molecular weight is 215 g/mol. The van der Waals surface area contributed by atoms with Crippen LogP contribution >= 0.6 is 0 Å². The van der Waals surface area contributed by atoms with Crippen LogP contribution in [0.1, 0.15) is 5.56 Å². The predicted molar refractivity (Wildman–Crippen MR) is 63.5 cm³/mol. The van der Waals surface area contributed by atoms with Crippen LogP contribution in [0.15, 0.2) is 41.2 Å². The Morgan fingerprint density at radius 1 is 1.19 bits per heavy atom. The molecule has 0 aliphatic carbocycles. The van der Waals surface area contributed by atoms with Gasteiger partial charge in [0.15, 0.2) is 5.88 Å². The number of pyridine rings is 1. The highest BCUT2D eigenvalue weighted by Crippen LogP contribution is 2.23. The molecule has 2 rings (SSSR count). The fourth-order valence-electron chi connectivity index (χ4n) is 1.72. The Hall–Kier alpha value is -2.03. The molecule has 3 nitrogen and oxygen atoms in total. The summed E-state index contributed by atoms with van der Waals surface area (Å²) in [7, 11) is 1.56. The molecule has 3 heteroatoms. The number of benzene rings is 1. The fraction of sp³-hybridized carbons (Fsp3) is 0.154. The minimum absolute atomic E-state index is 0.0190. The Balaban J connectivity index is 2.73. The molecule has 0 bridgehead atoms. The van der Waals surface area contributed by atoms with Gasteiger partial charge in [-0.3, -0.25) is 9.36 Å². The SMILES string of the molecule is Cc1c(-c2ccccc2)cc(O)n(C)c1=O. The second-order valence-electron chi connectivity index (χ2n) is 3.77. The Bertz CT molecular complexity index is 570. The molecule has 2 aromatic rings. The topological polar surface area (TPSA) is 42.2 Å². The first kappa shape index (κ1) is 10.5. The van der Waals surface area contributed by atoms with Crippen LogP contribution in [0.5, 0.6) is 5.88 Å². The summed E-state index contributed by atoms with van der Waals surface area (Å²) in [5.74, 6) is -0.0190. The quantitative estimate of drug-likeness (QED) is 0.791. The minimum atomic E-state index is -0.168. The van der Waals surface area contributed by atoms with Crippen molar-refractivity contribution in [3.63, 3.8) is 0 Å². The van der Waals surface area contributed by atoms with Gasteiger partial charge in [-0.25, -0.2) is 0 Å². The van der Waals surface area contributed by atoms with Crippen LogP contribution < -0.4 is 5.56 Å². The molecule has 0 atom stereocenters. The van der Waals surface area contributed by atoms with E-state index in [0.717, 1.165) is 11.1 Å². The van der Waals surface area contributed by atoms with Crippen LogP contribution in [0.2, 0.25) is 0 Å². The summed E-state index contributed by atoms with van der Waals surface area (Å²) in [6.45, 7) is 1.77. The van der Waals surface area contributed by atoms with Crippen molar-refractivity contribution in [2.75, 3.05) is 0 Å². The van der Waals surface area contributed by atoms with Crippen molar-refractivity contribution in [2.24, 2.45) is 7.05 Å². The normalized spacial score (nSPS) is 10.4. The van der Waals surface area contributed by atoms with E-state index in [9.17, 15) is 9.90 Å². The summed E-state index contributed by atoms with van der Waals surface area (Å²) in [4.78, 5) is 11.8. The van der Waals surface area contributed by atoms with E-state index in [1.54, 1.807) is 20.0 Å². The van der Waals surface area contributed by atoms with Crippen LogP contribution in [-0.4, -0.2) is 9.67 Å². The molecule has 0 saturated heterocycles. The van der Waals surface area contributed by atoms with E-state index in [1.807, 2.05) is 30.3 Å². The highest BCUT2D eigenvalue weighted by atomic mass is 16.3. The van der Waals surface area contributed by atoms with Crippen LogP contribution in [0, 0.1) is 6.92 Å². The van der Waals surface area contributed by atoms with Gasteiger partial charge >= 0.3 is 0 Å². The smallest absolute Gasteiger partial charge is 0.256 e. The van der Waals surface area contributed by atoms with Crippen LogP contribution in [0.3, 0.4) is 0 Å². The summed E-state index contributed by atoms with van der Waals surface area (Å²) in [5.41, 5.74) is 2.19. The van der Waals surface area contributed by atoms with Gasteiger partial charge in [0.05, 0.1) is 0 Å². The molecule has 0 spiro atoms. The second-order valence-corrected chi connectivity index (χ2v) is 3.77. The summed E-state index contributed by atoms with van der Waals surface area (Å²) in [6.07, 6.45) is 0. The minimum Gasteiger partial charge on any atom is -0.494 e. The van der Waals surface area contributed by atoms with Gasteiger partial charge in [0.1, 0.15) is 0 Å². The standard InChI is InChI=1S/C13H13NO2/c1-9-11(10-6-4-3-5-7-10)8-12(15)14(2)13(9)16/h3-8,15H,1-2H3. The van der Waals surface area contributed by atoms with Crippen molar-refractivity contribution in [1.29, 1.82) is 0 Å².